The van der Waals surface area contributed by atoms with Crippen LogP contribution in [0.4, 0.5) is 18.0 Å². The van der Waals surface area contributed by atoms with Crippen LogP contribution in [0.5, 0.6) is 11.5 Å². The fourth-order valence-electron chi connectivity index (χ4n) is 6.20. The van der Waals surface area contributed by atoms with E-state index in [4.69, 9.17) is 20.8 Å². The number of benzene rings is 2. The Morgan fingerprint density at radius 2 is 2.00 bits per heavy atom. The summed E-state index contributed by atoms with van der Waals surface area (Å²) in [5.74, 6) is -1.19. The third kappa shape index (κ3) is 7.92. The number of amides is 1. The molecule has 3 aromatic rings. The van der Waals surface area contributed by atoms with Crippen LogP contribution in [-0.2, 0) is 0 Å². The molecule has 2 fully saturated rings. The fourth-order valence-corrected chi connectivity index (χ4v) is 6.43. The third-order valence-electron chi connectivity index (χ3n) is 8.47. The number of phenols is 1. The maximum absolute atomic E-state index is 13.7. The molecular weight excluding hydrogens is 615 g/mol. The summed E-state index contributed by atoms with van der Waals surface area (Å²) < 4.78 is 51.1. The van der Waals surface area contributed by atoms with Gasteiger partial charge in [-0.1, -0.05) is 30.2 Å². The minimum atomic E-state index is -4.38. The first-order valence-corrected chi connectivity index (χ1v) is 15.5. The minimum Gasteiger partial charge on any atom is -0.507 e. The molecule has 244 valence electrons. The zero-order valence-electron chi connectivity index (χ0n) is 24.9. The summed E-state index contributed by atoms with van der Waals surface area (Å²) in [6.45, 7) is 1.52. The first kappa shape index (κ1) is 33.1. The average Bonchev–Trinajstić information content (AvgIpc) is 2.97. The molecule has 5 rings (SSSR count). The van der Waals surface area contributed by atoms with Gasteiger partial charge in [0.1, 0.15) is 28.2 Å². The van der Waals surface area contributed by atoms with Gasteiger partial charge < -0.3 is 34.5 Å². The van der Waals surface area contributed by atoms with Crippen LogP contribution >= 0.6 is 11.6 Å². The number of piperidine rings is 2. The van der Waals surface area contributed by atoms with Crippen LogP contribution in [0.2, 0.25) is 5.02 Å². The number of aliphatic hydroxyl groups excluding tert-OH is 1. The lowest BCUT2D eigenvalue weighted by atomic mass is 9.85. The molecule has 1 aromatic heterocycles. The van der Waals surface area contributed by atoms with Gasteiger partial charge in [-0.2, -0.15) is 13.2 Å². The number of halogens is 4. The lowest BCUT2D eigenvalue weighted by molar-refractivity contribution is -0.136. The predicted molar refractivity (Wildman–Crippen MR) is 164 cm³/mol. The Kier molecular flexibility index (Phi) is 10.3. The summed E-state index contributed by atoms with van der Waals surface area (Å²) >= 11 is 6.40. The number of nitrogens with one attached hydrogen (secondary N) is 1. The molecule has 0 aliphatic carbocycles. The number of ether oxygens (including phenoxy) is 1. The highest BCUT2D eigenvalue weighted by Crippen LogP contribution is 2.44. The number of aromatic hydroxyl groups is 1. The Morgan fingerprint density at radius 1 is 1.22 bits per heavy atom. The summed E-state index contributed by atoms with van der Waals surface area (Å²) in [5, 5.41) is 25.7. The van der Waals surface area contributed by atoms with Crippen molar-refractivity contribution in [3.63, 3.8) is 0 Å². The summed E-state index contributed by atoms with van der Waals surface area (Å²) in [6, 6.07) is 8.97. The van der Waals surface area contributed by atoms with Crippen LogP contribution in [0.25, 0.3) is 22.3 Å². The number of likely N-dealkylation sites (tertiary alicyclic amines) is 1. The molecule has 45 heavy (non-hydrogen) atoms. The highest BCUT2D eigenvalue weighted by molar-refractivity contribution is 6.33. The highest BCUT2D eigenvalue weighted by Gasteiger charge is 2.35. The largest absolute Gasteiger partial charge is 0.507 e. The second-order valence-corrected chi connectivity index (χ2v) is 12.3. The summed E-state index contributed by atoms with van der Waals surface area (Å²) in [7, 11) is 1.85. The molecule has 2 aliphatic rings. The van der Waals surface area contributed by atoms with Crippen molar-refractivity contribution in [2.75, 3.05) is 39.8 Å². The van der Waals surface area contributed by atoms with Crippen LogP contribution in [0.1, 0.15) is 50.0 Å². The molecule has 0 saturated carbocycles. The zero-order valence-corrected chi connectivity index (χ0v) is 25.7. The monoisotopic (exact) mass is 651 g/mol. The van der Waals surface area contributed by atoms with Gasteiger partial charge in [0.2, 0.25) is 0 Å². The van der Waals surface area contributed by atoms with E-state index >= 15 is 0 Å². The van der Waals surface area contributed by atoms with Crippen molar-refractivity contribution in [2.45, 2.75) is 62.8 Å². The van der Waals surface area contributed by atoms with E-state index in [9.17, 15) is 33.0 Å². The maximum Gasteiger partial charge on any atom is 0.415 e. The number of fused-ring (bicyclic) bond motifs is 1. The number of carbonyl (C=O) groups excluding carboxylic acids is 1. The van der Waals surface area contributed by atoms with E-state index in [1.165, 1.54) is 11.0 Å². The van der Waals surface area contributed by atoms with E-state index in [-0.39, 0.29) is 60.1 Å². The molecule has 13 heteroatoms. The average molecular weight is 652 g/mol. The van der Waals surface area contributed by atoms with E-state index in [1.807, 2.05) is 11.9 Å². The number of likely N-dealkylation sites (N-methyl/N-ethyl adjacent to an activating group) is 1. The predicted octanol–water partition coefficient (Wildman–Crippen LogP) is 5.88. The topological polar surface area (TPSA) is 115 Å². The minimum absolute atomic E-state index is 0.0635. The molecule has 3 N–H and O–H groups in total. The number of hydrogen-bond donors (Lipinski definition) is 3. The molecule has 2 aromatic carbocycles. The highest BCUT2D eigenvalue weighted by atomic mass is 35.5. The van der Waals surface area contributed by atoms with Crippen LogP contribution in [-0.4, -0.2) is 84.2 Å². The second-order valence-electron chi connectivity index (χ2n) is 11.9. The van der Waals surface area contributed by atoms with Gasteiger partial charge in [0.25, 0.3) is 0 Å². The maximum atomic E-state index is 13.7. The molecule has 9 nitrogen and oxygen atoms in total. The molecule has 0 bridgehead atoms. The summed E-state index contributed by atoms with van der Waals surface area (Å²) in [4.78, 5) is 30.2. The van der Waals surface area contributed by atoms with Crippen molar-refractivity contribution in [2.24, 2.45) is 0 Å². The Labute approximate surface area is 263 Å². The summed E-state index contributed by atoms with van der Waals surface area (Å²) in [6.07, 6.45) is -4.56. The molecule has 0 spiro atoms. The SMILES string of the molecule is CN1CC[C@H](c2c(OC(=O)N(CCCC(F)(F)F)CC3CCCCN3)cc(O)c3c(=O)cc(-c4ccccc4Cl)oc23)[C@H](O)C1. The van der Waals surface area contributed by atoms with Gasteiger partial charge in [-0.25, -0.2) is 4.79 Å². The fraction of sp³-hybridized carbons (Fsp3) is 0.500. The van der Waals surface area contributed by atoms with Crippen LogP contribution < -0.4 is 15.5 Å². The van der Waals surface area contributed by atoms with Gasteiger partial charge >= 0.3 is 12.3 Å². The molecule has 3 atom stereocenters. The number of nitrogens with zero attached hydrogens (tertiary/aromatic N) is 2. The van der Waals surface area contributed by atoms with E-state index in [0.29, 0.717) is 23.6 Å². The van der Waals surface area contributed by atoms with E-state index in [2.05, 4.69) is 5.32 Å². The molecule has 3 heterocycles. The first-order valence-electron chi connectivity index (χ1n) is 15.1. The molecule has 0 radical (unpaired) electrons. The molecule has 2 saturated heterocycles. The van der Waals surface area contributed by atoms with Gasteiger partial charge in [-0.3, -0.25) is 4.79 Å². The van der Waals surface area contributed by atoms with Crippen molar-refractivity contribution >= 4 is 28.7 Å². The smallest absolute Gasteiger partial charge is 0.415 e. The molecular formula is C32H37ClF3N3O6. The van der Waals surface area contributed by atoms with Crippen molar-refractivity contribution < 1.29 is 37.3 Å². The molecule has 1 unspecified atom stereocenters. The zero-order chi connectivity index (χ0) is 32.3. The van der Waals surface area contributed by atoms with E-state index < -0.39 is 41.9 Å². The Bertz CT molecular complexity index is 1580. The molecule has 2 aliphatic heterocycles. The van der Waals surface area contributed by atoms with Gasteiger partial charge in [-0.15, -0.1) is 0 Å². The number of hydrogen-bond acceptors (Lipinski definition) is 8. The van der Waals surface area contributed by atoms with E-state index in [1.54, 1.807) is 24.3 Å². The Hall–Kier alpha value is -3.32. The number of aliphatic hydroxyl groups is 1. The van der Waals surface area contributed by atoms with Crippen LogP contribution in [0.3, 0.4) is 0 Å². The summed E-state index contributed by atoms with van der Waals surface area (Å²) in [5.41, 5.74) is 0.00768. The Morgan fingerprint density at radius 3 is 2.69 bits per heavy atom. The Balaban J connectivity index is 1.59. The van der Waals surface area contributed by atoms with E-state index in [0.717, 1.165) is 31.9 Å². The van der Waals surface area contributed by atoms with Crippen molar-refractivity contribution in [3.8, 4) is 22.8 Å². The number of phenolic OH excluding ortho intramolecular Hbond substituents is 1. The van der Waals surface area contributed by atoms with Gasteiger partial charge in [0.15, 0.2) is 5.43 Å². The van der Waals surface area contributed by atoms with Gasteiger partial charge in [0.05, 0.1) is 11.1 Å². The quantitative estimate of drug-likeness (QED) is 0.277. The lowest BCUT2D eigenvalue weighted by Crippen LogP contribution is -2.47. The number of β-amino-alcohol motifs (C(OH)–C–C–N with tert-alkyl or cyclic N) is 1. The van der Waals surface area contributed by atoms with Crippen molar-refractivity contribution in [3.05, 3.63) is 57.2 Å². The number of carbonyl (C=O) groups is 1. The number of rotatable bonds is 8. The lowest BCUT2D eigenvalue weighted by Gasteiger charge is -2.35. The number of alkyl halides is 3. The van der Waals surface area contributed by atoms with Crippen molar-refractivity contribution in [1.29, 1.82) is 0 Å². The van der Waals surface area contributed by atoms with Crippen molar-refractivity contribution in [1.82, 2.24) is 15.1 Å². The van der Waals surface area contributed by atoms with Gasteiger partial charge in [-0.05, 0) is 58.0 Å². The molecule has 1 amide bonds. The third-order valence-corrected chi connectivity index (χ3v) is 8.80. The standard InChI is InChI=1S/C32H37ClF3N3O6/c1-38-14-10-21(25(42)18-38)28-27(45-31(43)39(13-6-11-32(34,35)36)17-19-7-4-5-12-37-19)16-24(41)29-23(40)15-26(44-30(28)29)20-8-2-3-9-22(20)33/h2-3,8-9,15-16,19,21,25,37,41-42H,4-7,10-14,17-18H2,1H3/t19?,21-,25+/m0/s1. The van der Waals surface area contributed by atoms with Crippen LogP contribution in [0, 0.1) is 0 Å². The van der Waals surface area contributed by atoms with Crippen LogP contribution in [0.15, 0.2) is 45.6 Å². The second kappa shape index (κ2) is 14.0. The van der Waals surface area contributed by atoms with Gasteiger partial charge in [0, 0.05) is 61.3 Å². The first-order chi connectivity index (χ1) is 21.4. The normalized spacial score (nSPS) is 21.2.